The third-order valence-electron chi connectivity index (χ3n) is 2.21. The summed E-state index contributed by atoms with van der Waals surface area (Å²) in [6.07, 6.45) is 1.46. The maximum Gasteiger partial charge on any atom is 0.134 e. The second-order valence-corrected chi connectivity index (χ2v) is 3.27. The fourth-order valence-electron chi connectivity index (χ4n) is 1.55. The fourth-order valence-corrected chi connectivity index (χ4v) is 1.55. The van der Waals surface area contributed by atoms with E-state index >= 15 is 0 Å². The van der Waals surface area contributed by atoms with Gasteiger partial charge in [-0.05, 0) is 24.4 Å². The zero-order chi connectivity index (χ0) is 9.97. The van der Waals surface area contributed by atoms with Crippen LogP contribution in [0.3, 0.4) is 0 Å². The van der Waals surface area contributed by atoms with Crippen molar-refractivity contribution in [1.82, 2.24) is 0 Å². The number of ether oxygens (including phenoxy) is 1. The van der Waals surface area contributed by atoms with Crippen LogP contribution in [0.25, 0.3) is 10.8 Å². The Kier molecular flexibility index (Phi) is 2.23. The molecule has 70 valence electrons. The quantitative estimate of drug-likeness (QED) is 0.647. The molecule has 0 fully saturated rings. The van der Waals surface area contributed by atoms with E-state index < -0.39 is 0 Å². The van der Waals surface area contributed by atoms with Gasteiger partial charge in [0, 0.05) is 5.39 Å². The zero-order valence-electron chi connectivity index (χ0n) is 8.16. The van der Waals surface area contributed by atoms with Gasteiger partial charge in [0.1, 0.15) is 5.75 Å². The van der Waals surface area contributed by atoms with Gasteiger partial charge in [0.15, 0.2) is 0 Å². The monoisotopic (exact) mass is 184 g/mol. The molecular formula is C13H12O. The first-order valence-electron chi connectivity index (χ1n) is 4.58. The summed E-state index contributed by atoms with van der Waals surface area (Å²) in [5.74, 6) is 0.862. The molecule has 2 aromatic carbocycles. The molecule has 0 saturated carbocycles. The highest BCUT2D eigenvalue weighted by Gasteiger charge is 2.00. The Balaban J connectivity index is 2.70. The van der Waals surface area contributed by atoms with Crippen molar-refractivity contribution in [3.8, 4) is 5.75 Å². The van der Waals surface area contributed by atoms with Gasteiger partial charge in [-0.25, -0.2) is 0 Å². The molecule has 0 unspecified atom stereocenters. The van der Waals surface area contributed by atoms with Crippen LogP contribution in [0.15, 0.2) is 49.2 Å². The van der Waals surface area contributed by atoms with Crippen molar-refractivity contribution < 1.29 is 4.74 Å². The van der Waals surface area contributed by atoms with Crippen LogP contribution >= 0.6 is 0 Å². The maximum absolute atomic E-state index is 5.34. The van der Waals surface area contributed by atoms with Gasteiger partial charge in [-0.15, -0.1) is 0 Å². The Morgan fingerprint density at radius 3 is 2.86 bits per heavy atom. The molecule has 0 aliphatic rings. The molecule has 0 radical (unpaired) electrons. The second kappa shape index (κ2) is 3.54. The molecule has 2 aromatic rings. The van der Waals surface area contributed by atoms with Crippen molar-refractivity contribution >= 4 is 10.8 Å². The van der Waals surface area contributed by atoms with Gasteiger partial charge in [-0.3, -0.25) is 0 Å². The number of hydrogen-bond acceptors (Lipinski definition) is 1. The number of benzene rings is 2. The molecule has 1 heteroatoms. The van der Waals surface area contributed by atoms with E-state index in [2.05, 4.69) is 37.8 Å². The van der Waals surface area contributed by atoms with Gasteiger partial charge >= 0.3 is 0 Å². The molecule has 0 N–H and O–H groups in total. The van der Waals surface area contributed by atoms with Gasteiger partial charge in [-0.1, -0.05) is 36.4 Å². The van der Waals surface area contributed by atoms with Crippen LogP contribution in [0, 0.1) is 6.92 Å². The van der Waals surface area contributed by atoms with E-state index in [0.717, 1.165) is 11.1 Å². The second-order valence-electron chi connectivity index (χ2n) is 3.27. The van der Waals surface area contributed by atoms with Crippen LogP contribution in [0.5, 0.6) is 5.75 Å². The van der Waals surface area contributed by atoms with E-state index in [9.17, 15) is 0 Å². The van der Waals surface area contributed by atoms with Gasteiger partial charge in [0.25, 0.3) is 0 Å². The smallest absolute Gasteiger partial charge is 0.134 e. The molecule has 14 heavy (non-hydrogen) atoms. The lowest BCUT2D eigenvalue weighted by atomic mass is 10.1. The Labute approximate surface area is 83.6 Å². The summed E-state index contributed by atoms with van der Waals surface area (Å²) in [5, 5.41) is 2.32. The standard InChI is InChI=1S/C13H12O/c1-3-14-13-6-4-5-11-8-7-10(2)9-12(11)13/h3-9H,1H2,2H3. The summed E-state index contributed by atoms with van der Waals surface area (Å²) in [7, 11) is 0. The van der Waals surface area contributed by atoms with Crippen LogP contribution in [-0.2, 0) is 0 Å². The summed E-state index contributed by atoms with van der Waals surface area (Å²) >= 11 is 0. The minimum atomic E-state index is 0.862. The molecule has 1 nitrogen and oxygen atoms in total. The van der Waals surface area contributed by atoms with Crippen molar-refractivity contribution in [2.24, 2.45) is 0 Å². The molecule has 0 amide bonds. The van der Waals surface area contributed by atoms with Gasteiger partial charge < -0.3 is 4.74 Å². The topological polar surface area (TPSA) is 9.23 Å². The van der Waals surface area contributed by atoms with Crippen LogP contribution in [0.2, 0.25) is 0 Å². The molecule has 0 atom stereocenters. The zero-order valence-corrected chi connectivity index (χ0v) is 8.16. The molecule has 0 spiro atoms. The molecule has 2 rings (SSSR count). The van der Waals surface area contributed by atoms with E-state index in [1.807, 2.05) is 12.1 Å². The third kappa shape index (κ3) is 1.49. The SMILES string of the molecule is C=COc1cccc2ccc(C)cc12. The lowest BCUT2D eigenvalue weighted by molar-refractivity contribution is 0.489. The maximum atomic E-state index is 5.34. The Morgan fingerprint density at radius 2 is 2.07 bits per heavy atom. The highest BCUT2D eigenvalue weighted by atomic mass is 16.5. The molecule has 0 saturated heterocycles. The van der Waals surface area contributed by atoms with E-state index in [-0.39, 0.29) is 0 Å². The average molecular weight is 184 g/mol. The minimum absolute atomic E-state index is 0.862. The van der Waals surface area contributed by atoms with Crippen LogP contribution in [0.4, 0.5) is 0 Å². The number of fused-ring (bicyclic) bond motifs is 1. The average Bonchev–Trinajstić information content (AvgIpc) is 2.19. The predicted octanol–water partition coefficient (Wildman–Crippen LogP) is 3.67. The van der Waals surface area contributed by atoms with Crippen LogP contribution in [0.1, 0.15) is 5.56 Å². The summed E-state index contributed by atoms with van der Waals surface area (Å²) in [6, 6.07) is 12.3. The summed E-state index contributed by atoms with van der Waals surface area (Å²) in [6.45, 7) is 5.64. The van der Waals surface area contributed by atoms with E-state index in [0.29, 0.717) is 0 Å². The highest BCUT2D eigenvalue weighted by Crippen LogP contribution is 2.26. The van der Waals surface area contributed by atoms with Crippen molar-refractivity contribution in [2.45, 2.75) is 6.92 Å². The lowest BCUT2D eigenvalue weighted by Crippen LogP contribution is -1.83. The van der Waals surface area contributed by atoms with Crippen LogP contribution < -0.4 is 4.74 Å². The van der Waals surface area contributed by atoms with E-state index in [1.54, 1.807) is 0 Å². The summed E-state index contributed by atoms with van der Waals surface area (Å²) in [4.78, 5) is 0. The lowest BCUT2D eigenvalue weighted by Gasteiger charge is -2.05. The minimum Gasteiger partial charge on any atom is -0.465 e. The van der Waals surface area contributed by atoms with Crippen molar-refractivity contribution in [1.29, 1.82) is 0 Å². The Hall–Kier alpha value is -1.76. The van der Waals surface area contributed by atoms with Gasteiger partial charge in [0.05, 0.1) is 6.26 Å². The molecule has 0 aromatic heterocycles. The largest absolute Gasteiger partial charge is 0.465 e. The van der Waals surface area contributed by atoms with Gasteiger partial charge in [-0.2, -0.15) is 0 Å². The Bertz CT molecular complexity index is 472. The fraction of sp³-hybridized carbons (Fsp3) is 0.0769. The van der Waals surface area contributed by atoms with E-state index in [4.69, 9.17) is 4.74 Å². The Morgan fingerprint density at radius 1 is 1.21 bits per heavy atom. The first-order chi connectivity index (χ1) is 6.81. The predicted molar refractivity (Wildman–Crippen MR) is 59.5 cm³/mol. The number of aryl methyl sites for hydroxylation is 1. The van der Waals surface area contributed by atoms with E-state index in [1.165, 1.54) is 17.2 Å². The van der Waals surface area contributed by atoms with Crippen molar-refractivity contribution in [3.63, 3.8) is 0 Å². The molecule has 0 bridgehead atoms. The van der Waals surface area contributed by atoms with Crippen molar-refractivity contribution in [3.05, 3.63) is 54.8 Å². The van der Waals surface area contributed by atoms with Crippen molar-refractivity contribution in [2.75, 3.05) is 0 Å². The first-order valence-corrected chi connectivity index (χ1v) is 4.58. The summed E-state index contributed by atoms with van der Waals surface area (Å²) in [5.41, 5.74) is 1.23. The molecule has 0 heterocycles. The molecule has 0 aliphatic carbocycles. The highest BCUT2D eigenvalue weighted by molar-refractivity contribution is 5.88. The molecule has 0 aliphatic heterocycles. The van der Waals surface area contributed by atoms with Crippen LogP contribution in [-0.4, -0.2) is 0 Å². The number of hydrogen-bond donors (Lipinski definition) is 0. The first kappa shape index (κ1) is 8.82. The third-order valence-corrected chi connectivity index (χ3v) is 2.21. The van der Waals surface area contributed by atoms with Gasteiger partial charge in [0.2, 0.25) is 0 Å². The normalized spacial score (nSPS) is 10.1. The summed E-state index contributed by atoms with van der Waals surface area (Å²) < 4.78 is 5.34. The number of rotatable bonds is 2. The molecular weight excluding hydrogens is 172 g/mol.